The van der Waals surface area contributed by atoms with E-state index < -0.39 is 5.91 Å². The highest BCUT2D eigenvalue weighted by molar-refractivity contribution is 6.03. The van der Waals surface area contributed by atoms with Crippen molar-refractivity contribution in [2.75, 3.05) is 13.9 Å². The number of carbonyl (C=O) groups excluding carboxylic acids is 1. The Kier molecular flexibility index (Phi) is 3.97. The standard InChI is InChI=1S/C16H13N2O5/c1-17-16(19)14-15(12(20-2)5-6-18-14)21-8-10-3-4-11-13(7-10)23-9-22-11/h1,3-7H,8-9H2,2H3/q+1. The van der Waals surface area contributed by atoms with E-state index in [2.05, 4.69) is 9.83 Å². The van der Waals surface area contributed by atoms with Crippen molar-refractivity contribution in [2.24, 2.45) is 0 Å². The van der Waals surface area contributed by atoms with Gasteiger partial charge < -0.3 is 18.9 Å². The summed E-state index contributed by atoms with van der Waals surface area (Å²) in [5.74, 6) is 1.20. The van der Waals surface area contributed by atoms with Crippen LogP contribution in [0.25, 0.3) is 4.85 Å². The molecular weight excluding hydrogens is 300 g/mol. The summed E-state index contributed by atoms with van der Waals surface area (Å²) in [5, 5.41) is 0. The van der Waals surface area contributed by atoms with Crippen LogP contribution in [0.5, 0.6) is 23.0 Å². The third kappa shape index (κ3) is 2.87. The summed E-state index contributed by atoms with van der Waals surface area (Å²) < 4.78 is 21.5. The fraction of sp³-hybridized carbons (Fsp3) is 0.188. The van der Waals surface area contributed by atoms with Crippen LogP contribution in [0.4, 0.5) is 0 Å². The molecular formula is C16H13N2O5+. The molecule has 1 aliphatic rings. The maximum Gasteiger partial charge on any atom is 0.569 e. The number of nitrogens with zero attached hydrogens (tertiary/aromatic N) is 2. The normalized spacial score (nSPS) is 11.7. The number of rotatable bonds is 5. The number of hydrogen-bond acceptors (Lipinski definition) is 6. The van der Waals surface area contributed by atoms with E-state index in [1.807, 2.05) is 6.07 Å². The Morgan fingerprint density at radius 2 is 2.17 bits per heavy atom. The van der Waals surface area contributed by atoms with Crippen molar-refractivity contribution >= 4 is 5.91 Å². The summed E-state index contributed by atoms with van der Waals surface area (Å²) >= 11 is 0. The van der Waals surface area contributed by atoms with Gasteiger partial charge in [0.1, 0.15) is 6.61 Å². The number of ether oxygens (including phenoxy) is 4. The molecule has 1 aromatic heterocycles. The molecule has 0 bridgehead atoms. The van der Waals surface area contributed by atoms with E-state index in [1.54, 1.807) is 18.2 Å². The fourth-order valence-corrected chi connectivity index (χ4v) is 2.13. The first-order valence-corrected chi connectivity index (χ1v) is 6.72. The SMILES string of the molecule is C#[N+]C(=O)c1nccc(OC)c1OCc1ccc2c(c1)OCO2. The highest BCUT2D eigenvalue weighted by Crippen LogP contribution is 2.34. The van der Waals surface area contributed by atoms with Gasteiger partial charge in [0.25, 0.3) is 6.57 Å². The van der Waals surface area contributed by atoms with Gasteiger partial charge in [-0.2, -0.15) is 4.79 Å². The van der Waals surface area contributed by atoms with Crippen molar-refractivity contribution in [3.8, 4) is 29.6 Å². The Morgan fingerprint density at radius 3 is 2.96 bits per heavy atom. The molecule has 2 aromatic rings. The van der Waals surface area contributed by atoms with Crippen LogP contribution in [-0.4, -0.2) is 24.8 Å². The van der Waals surface area contributed by atoms with Gasteiger partial charge in [-0.25, -0.2) is 4.98 Å². The van der Waals surface area contributed by atoms with Gasteiger partial charge in [0.15, 0.2) is 23.0 Å². The van der Waals surface area contributed by atoms with Gasteiger partial charge in [-0.15, -0.1) is 0 Å². The average Bonchev–Trinajstić information content (AvgIpc) is 3.06. The lowest BCUT2D eigenvalue weighted by atomic mass is 10.2. The molecule has 1 aromatic carbocycles. The van der Waals surface area contributed by atoms with Gasteiger partial charge in [0.05, 0.1) is 7.11 Å². The number of aromatic nitrogens is 1. The summed E-state index contributed by atoms with van der Waals surface area (Å²) in [6.07, 6.45) is 1.42. The second kappa shape index (κ2) is 6.23. The number of amides is 1. The van der Waals surface area contributed by atoms with Gasteiger partial charge in [-0.3, -0.25) is 0 Å². The lowest BCUT2D eigenvalue weighted by molar-refractivity contribution is 0.103. The van der Waals surface area contributed by atoms with Gasteiger partial charge in [-0.05, 0) is 17.7 Å². The minimum Gasteiger partial charge on any atom is -0.493 e. The molecule has 0 fully saturated rings. The smallest absolute Gasteiger partial charge is 0.493 e. The van der Waals surface area contributed by atoms with Crippen LogP contribution in [-0.2, 0) is 6.61 Å². The summed E-state index contributed by atoms with van der Waals surface area (Å²) in [5.41, 5.74) is 0.829. The first kappa shape index (κ1) is 14.7. The van der Waals surface area contributed by atoms with Crippen molar-refractivity contribution < 1.29 is 23.7 Å². The van der Waals surface area contributed by atoms with Crippen LogP contribution in [0.3, 0.4) is 0 Å². The zero-order valence-corrected chi connectivity index (χ0v) is 12.3. The zero-order valence-electron chi connectivity index (χ0n) is 12.3. The molecule has 116 valence electrons. The first-order valence-electron chi connectivity index (χ1n) is 6.72. The van der Waals surface area contributed by atoms with Crippen molar-refractivity contribution in [3.63, 3.8) is 0 Å². The van der Waals surface area contributed by atoms with Crippen LogP contribution < -0.4 is 18.9 Å². The van der Waals surface area contributed by atoms with Crippen molar-refractivity contribution in [1.29, 1.82) is 0 Å². The molecule has 1 amide bonds. The average molecular weight is 313 g/mol. The molecule has 1 aliphatic heterocycles. The highest BCUT2D eigenvalue weighted by Gasteiger charge is 2.26. The molecule has 0 aliphatic carbocycles. The molecule has 2 heterocycles. The molecule has 0 N–H and O–H groups in total. The maximum atomic E-state index is 11.7. The predicted molar refractivity (Wildman–Crippen MR) is 80.3 cm³/mol. The number of benzene rings is 1. The van der Waals surface area contributed by atoms with Gasteiger partial charge >= 0.3 is 5.91 Å². The molecule has 0 saturated heterocycles. The lowest BCUT2D eigenvalue weighted by Gasteiger charge is -2.11. The second-order valence-corrected chi connectivity index (χ2v) is 4.60. The monoisotopic (exact) mass is 313 g/mol. The van der Waals surface area contributed by atoms with E-state index in [4.69, 9.17) is 25.5 Å². The van der Waals surface area contributed by atoms with Gasteiger partial charge in [0, 0.05) is 17.1 Å². The summed E-state index contributed by atoms with van der Waals surface area (Å²) in [7, 11) is 1.47. The van der Waals surface area contributed by atoms with Crippen molar-refractivity contribution in [2.45, 2.75) is 6.61 Å². The van der Waals surface area contributed by atoms with Crippen molar-refractivity contribution in [3.05, 3.63) is 46.6 Å². The van der Waals surface area contributed by atoms with E-state index >= 15 is 0 Å². The summed E-state index contributed by atoms with van der Waals surface area (Å²) in [6.45, 7) is 5.43. The highest BCUT2D eigenvalue weighted by atomic mass is 16.7. The molecule has 3 rings (SSSR count). The number of hydrogen-bond donors (Lipinski definition) is 0. The largest absolute Gasteiger partial charge is 0.569 e. The summed E-state index contributed by atoms with van der Waals surface area (Å²) in [6, 6.07) is 7.02. The molecule has 0 unspecified atom stereocenters. The van der Waals surface area contributed by atoms with Gasteiger partial charge in [0.2, 0.25) is 12.5 Å². The predicted octanol–water partition coefficient (Wildman–Crippen LogP) is 2.50. The first-order chi connectivity index (χ1) is 11.2. The third-order valence-electron chi connectivity index (χ3n) is 3.23. The Balaban J connectivity index is 1.85. The molecule has 23 heavy (non-hydrogen) atoms. The minimum atomic E-state index is -0.690. The maximum absolute atomic E-state index is 11.7. The zero-order chi connectivity index (χ0) is 16.2. The Bertz CT molecular complexity index is 798. The molecule has 0 atom stereocenters. The van der Waals surface area contributed by atoms with Crippen LogP contribution in [0.1, 0.15) is 16.1 Å². The Hall–Kier alpha value is -3.27. The van der Waals surface area contributed by atoms with E-state index in [0.717, 1.165) is 5.56 Å². The molecule has 7 nitrogen and oxygen atoms in total. The number of methoxy groups -OCH3 is 1. The van der Waals surface area contributed by atoms with Gasteiger partial charge in [-0.1, -0.05) is 6.07 Å². The second-order valence-electron chi connectivity index (χ2n) is 4.60. The Labute approximate surface area is 132 Å². The Morgan fingerprint density at radius 1 is 1.35 bits per heavy atom. The molecule has 0 saturated carbocycles. The van der Waals surface area contributed by atoms with E-state index in [9.17, 15) is 4.79 Å². The topological polar surface area (TPSA) is 71.2 Å². The fourth-order valence-electron chi connectivity index (χ4n) is 2.13. The summed E-state index contributed by atoms with van der Waals surface area (Å²) in [4.78, 5) is 18.8. The van der Waals surface area contributed by atoms with Crippen LogP contribution in [0, 0.1) is 6.57 Å². The quantitative estimate of drug-likeness (QED) is 0.844. The van der Waals surface area contributed by atoms with E-state index in [1.165, 1.54) is 13.3 Å². The van der Waals surface area contributed by atoms with E-state index in [-0.39, 0.29) is 24.8 Å². The minimum absolute atomic E-state index is 0.00686. The molecule has 0 spiro atoms. The number of fused-ring (bicyclic) bond motifs is 1. The van der Waals surface area contributed by atoms with Crippen molar-refractivity contribution in [1.82, 2.24) is 4.98 Å². The van der Waals surface area contributed by atoms with Crippen LogP contribution >= 0.6 is 0 Å². The molecule has 7 heteroatoms. The number of carbonyl (C=O) groups is 1. The molecule has 0 radical (unpaired) electrons. The van der Waals surface area contributed by atoms with Crippen LogP contribution in [0.2, 0.25) is 0 Å². The van der Waals surface area contributed by atoms with Crippen LogP contribution in [0.15, 0.2) is 30.5 Å². The van der Waals surface area contributed by atoms with E-state index in [0.29, 0.717) is 17.2 Å². The third-order valence-corrected chi connectivity index (χ3v) is 3.23. The lowest BCUT2D eigenvalue weighted by Crippen LogP contribution is -2.05. The number of pyridine rings is 1.